The third kappa shape index (κ3) is 2.97. The van der Waals surface area contributed by atoms with Gasteiger partial charge in [0.2, 0.25) is 0 Å². The summed E-state index contributed by atoms with van der Waals surface area (Å²) in [6.07, 6.45) is 2.41. The fourth-order valence-electron chi connectivity index (χ4n) is 1.73. The maximum absolute atomic E-state index is 5.60. The minimum atomic E-state index is 0.0537. The van der Waals surface area contributed by atoms with Crippen LogP contribution in [-0.2, 0) is 6.42 Å². The lowest BCUT2D eigenvalue weighted by Crippen LogP contribution is -2.29. The Morgan fingerprint density at radius 1 is 1.41 bits per heavy atom. The third-order valence-electron chi connectivity index (χ3n) is 2.78. The Hall–Kier alpha value is -1.10. The standard InChI is InChI=1S/C13H15BrN2O/c1-9-4-5-10(7-12(9)14)13(16-15)8-11-3-2-6-17-11/h2-7,13,16H,8,15H2,1H3. The molecular formula is C13H15BrN2O. The molecule has 3 nitrogen and oxygen atoms in total. The van der Waals surface area contributed by atoms with Gasteiger partial charge in [-0.05, 0) is 36.2 Å². The number of hydrogen-bond acceptors (Lipinski definition) is 3. The van der Waals surface area contributed by atoms with Gasteiger partial charge in [0.05, 0.1) is 12.3 Å². The van der Waals surface area contributed by atoms with E-state index in [4.69, 9.17) is 10.3 Å². The molecule has 0 bridgehead atoms. The highest BCUT2D eigenvalue weighted by Gasteiger charge is 2.12. The van der Waals surface area contributed by atoms with Crippen molar-refractivity contribution in [3.05, 3.63) is 58.0 Å². The van der Waals surface area contributed by atoms with Crippen LogP contribution in [-0.4, -0.2) is 0 Å². The molecule has 0 fully saturated rings. The smallest absolute Gasteiger partial charge is 0.105 e. The Kier molecular flexibility index (Phi) is 3.99. The van der Waals surface area contributed by atoms with Gasteiger partial charge in [0.1, 0.15) is 5.76 Å². The van der Waals surface area contributed by atoms with Gasteiger partial charge in [-0.15, -0.1) is 0 Å². The number of nitrogens with two attached hydrogens (primary N) is 1. The molecule has 1 heterocycles. The molecule has 1 aromatic carbocycles. The number of rotatable bonds is 4. The predicted octanol–water partition coefficient (Wildman–Crippen LogP) is 3.10. The van der Waals surface area contributed by atoms with Crippen LogP contribution >= 0.6 is 15.9 Å². The summed E-state index contributed by atoms with van der Waals surface area (Å²) >= 11 is 3.53. The average Bonchev–Trinajstić information content (AvgIpc) is 2.82. The van der Waals surface area contributed by atoms with Crippen LogP contribution in [0, 0.1) is 6.92 Å². The topological polar surface area (TPSA) is 51.2 Å². The number of hydrogen-bond donors (Lipinski definition) is 2. The van der Waals surface area contributed by atoms with Crippen molar-refractivity contribution < 1.29 is 4.42 Å². The second kappa shape index (κ2) is 5.49. The van der Waals surface area contributed by atoms with Crippen LogP contribution in [0.1, 0.15) is 22.9 Å². The molecule has 1 aromatic heterocycles. The molecule has 0 aliphatic carbocycles. The molecule has 2 aromatic rings. The van der Waals surface area contributed by atoms with Gasteiger partial charge < -0.3 is 4.42 Å². The second-order valence-electron chi connectivity index (χ2n) is 4.01. The number of furan rings is 1. The summed E-state index contributed by atoms with van der Waals surface area (Å²) in [5.74, 6) is 6.52. The van der Waals surface area contributed by atoms with Gasteiger partial charge in [-0.3, -0.25) is 11.3 Å². The zero-order valence-electron chi connectivity index (χ0n) is 9.61. The van der Waals surface area contributed by atoms with Crippen LogP contribution in [0.4, 0.5) is 0 Å². The Balaban J connectivity index is 2.20. The molecule has 0 saturated heterocycles. The summed E-state index contributed by atoms with van der Waals surface area (Å²) in [6.45, 7) is 2.06. The van der Waals surface area contributed by atoms with Crippen LogP contribution in [0.15, 0.2) is 45.5 Å². The molecule has 2 rings (SSSR count). The van der Waals surface area contributed by atoms with E-state index in [2.05, 4.69) is 46.5 Å². The van der Waals surface area contributed by atoms with Crippen LogP contribution in [0.5, 0.6) is 0 Å². The van der Waals surface area contributed by atoms with Gasteiger partial charge >= 0.3 is 0 Å². The third-order valence-corrected chi connectivity index (χ3v) is 3.64. The first-order valence-corrected chi connectivity index (χ1v) is 6.24. The Morgan fingerprint density at radius 2 is 2.24 bits per heavy atom. The SMILES string of the molecule is Cc1ccc(C(Cc2ccco2)NN)cc1Br. The molecule has 4 heteroatoms. The van der Waals surface area contributed by atoms with Crippen molar-refractivity contribution in [1.29, 1.82) is 0 Å². The molecule has 1 atom stereocenters. The maximum Gasteiger partial charge on any atom is 0.105 e. The van der Waals surface area contributed by atoms with Crippen molar-refractivity contribution in [2.75, 3.05) is 0 Å². The van der Waals surface area contributed by atoms with E-state index in [0.717, 1.165) is 22.2 Å². The van der Waals surface area contributed by atoms with Gasteiger partial charge in [0, 0.05) is 10.9 Å². The van der Waals surface area contributed by atoms with Crippen molar-refractivity contribution >= 4 is 15.9 Å². The highest BCUT2D eigenvalue weighted by molar-refractivity contribution is 9.10. The molecule has 0 radical (unpaired) electrons. The first kappa shape index (κ1) is 12.4. The molecule has 0 aliphatic heterocycles. The van der Waals surface area contributed by atoms with Gasteiger partial charge in [-0.25, -0.2) is 0 Å². The summed E-state index contributed by atoms with van der Waals surface area (Å²) in [6, 6.07) is 10.1. The summed E-state index contributed by atoms with van der Waals surface area (Å²) in [7, 11) is 0. The van der Waals surface area contributed by atoms with Crippen molar-refractivity contribution in [1.82, 2.24) is 5.43 Å². The van der Waals surface area contributed by atoms with Crippen molar-refractivity contribution in [3.8, 4) is 0 Å². The molecule has 0 spiro atoms. The Bertz CT molecular complexity index is 482. The van der Waals surface area contributed by atoms with E-state index in [1.807, 2.05) is 12.1 Å². The number of halogens is 1. The van der Waals surface area contributed by atoms with Gasteiger partial charge in [0.25, 0.3) is 0 Å². The normalized spacial score (nSPS) is 12.6. The van der Waals surface area contributed by atoms with Crippen LogP contribution < -0.4 is 11.3 Å². The minimum Gasteiger partial charge on any atom is -0.469 e. The van der Waals surface area contributed by atoms with Gasteiger partial charge in [0.15, 0.2) is 0 Å². The molecule has 0 amide bonds. The molecule has 17 heavy (non-hydrogen) atoms. The Morgan fingerprint density at radius 3 is 2.82 bits per heavy atom. The van der Waals surface area contributed by atoms with E-state index in [-0.39, 0.29) is 6.04 Å². The zero-order chi connectivity index (χ0) is 12.3. The molecule has 90 valence electrons. The number of aryl methyl sites for hydroxylation is 1. The molecule has 3 N–H and O–H groups in total. The molecule has 0 aliphatic rings. The largest absolute Gasteiger partial charge is 0.469 e. The highest BCUT2D eigenvalue weighted by atomic mass is 79.9. The van der Waals surface area contributed by atoms with E-state index < -0.39 is 0 Å². The van der Waals surface area contributed by atoms with E-state index in [9.17, 15) is 0 Å². The van der Waals surface area contributed by atoms with E-state index in [1.165, 1.54) is 5.56 Å². The van der Waals surface area contributed by atoms with E-state index >= 15 is 0 Å². The number of nitrogens with one attached hydrogen (secondary N) is 1. The van der Waals surface area contributed by atoms with E-state index in [1.54, 1.807) is 6.26 Å². The van der Waals surface area contributed by atoms with Gasteiger partial charge in [-0.2, -0.15) is 0 Å². The first-order valence-electron chi connectivity index (χ1n) is 5.45. The Labute approximate surface area is 109 Å². The maximum atomic E-state index is 5.60. The monoisotopic (exact) mass is 294 g/mol. The molecular weight excluding hydrogens is 280 g/mol. The fraction of sp³-hybridized carbons (Fsp3) is 0.231. The van der Waals surface area contributed by atoms with Crippen molar-refractivity contribution in [3.63, 3.8) is 0 Å². The zero-order valence-corrected chi connectivity index (χ0v) is 11.2. The second-order valence-corrected chi connectivity index (χ2v) is 4.87. The summed E-state index contributed by atoms with van der Waals surface area (Å²) in [5.41, 5.74) is 5.17. The fourth-order valence-corrected chi connectivity index (χ4v) is 2.13. The predicted molar refractivity (Wildman–Crippen MR) is 71.4 cm³/mol. The van der Waals surface area contributed by atoms with E-state index in [0.29, 0.717) is 0 Å². The summed E-state index contributed by atoms with van der Waals surface area (Å²) in [5, 5.41) is 0. The van der Waals surface area contributed by atoms with Crippen LogP contribution in [0.3, 0.4) is 0 Å². The lowest BCUT2D eigenvalue weighted by molar-refractivity contribution is 0.454. The molecule has 0 saturated carbocycles. The lowest BCUT2D eigenvalue weighted by Gasteiger charge is -2.16. The van der Waals surface area contributed by atoms with Crippen molar-refractivity contribution in [2.24, 2.45) is 5.84 Å². The van der Waals surface area contributed by atoms with Crippen molar-refractivity contribution in [2.45, 2.75) is 19.4 Å². The number of hydrazine groups is 1. The molecule has 1 unspecified atom stereocenters. The van der Waals surface area contributed by atoms with Crippen LogP contribution in [0.25, 0.3) is 0 Å². The first-order chi connectivity index (χ1) is 8.20. The number of benzene rings is 1. The minimum absolute atomic E-state index is 0.0537. The quantitative estimate of drug-likeness (QED) is 0.673. The summed E-state index contributed by atoms with van der Waals surface area (Å²) < 4.78 is 6.43. The lowest BCUT2D eigenvalue weighted by atomic mass is 10.0. The summed E-state index contributed by atoms with van der Waals surface area (Å²) in [4.78, 5) is 0. The average molecular weight is 295 g/mol. The van der Waals surface area contributed by atoms with Crippen LogP contribution in [0.2, 0.25) is 0 Å². The highest BCUT2D eigenvalue weighted by Crippen LogP contribution is 2.24. The van der Waals surface area contributed by atoms with Gasteiger partial charge in [-0.1, -0.05) is 28.1 Å².